The third-order valence-electron chi connectivity index (χ3n) is 1.53. The average molecular weight is 99.1 g/mol. The second-order valence-corrected chi connectivity index (χ2v) is 2.03. The van der Waals surface area contributed by atoms with E-state index in [-0.39, 0.29) is 0 Å². The van der Waals surface area contributed by atoms with Crippen LogP contribution in [0.2, 0.25) is 0 Å². The van der Waals surface area contributed by atoms with E-state index >= 15 is 0 Å². The molecule has 1 aliphatic carbocycles. The van der Waals surface area contributed by atoms with Gasteiger partial charge >= 0.3 is 0 Å². The van der Waals surface area contributed by atoms with Crippen LogP contribution >= 0.6 is 0 Å². The fourth-order valence-corrected chi connectivity index (χ4v) is 0.711. The molecule has 0 spiro atoms. The molecular weight excluding hydrogens is 90.1 g/mol. The Morgan fingerprint density at radius 3 is 2.57 bits per heavy atom. The minimum Gasteiger partial charge on any atom is -0.411 e. The third-order valence-corrected chi connectivity index (χ3v) is 1.53. The first-order valence-electron chi connectivity index (χ1n) is 2.55. The Morgan fingerprint density at radius 2 is 2.57 bits per heavy atom. The van der Waals surface area contributed by atoms with E-state index in [4.69, 9.17) is 5.21 Å². The molecule has 2 heteroatoms. The van der Waals surface area contributed by atoms with Crippen molar-refractivity contribution in [3.05, 3.63) is 0 Å². The van der Waals surface area contributed by atoms with Gasteiger partial charge in [-0.2, -0.15) is 0 Å². The van der Waals surface area contributed by atoms with E-state index in [1.807, 2.05) is 0 Å². The van der Waals surface area contributed by atoms with Crippen LogP contribution in [0.5, 0.6) is 0 Å². The number of rotatable bonds is 0. The standard InChI is InChI=1S/C5H9NO/c1-4-2-3-5(4)6-7/h4,7H,2-3H2,1H3/b6-5+. The number of nitrogens with zero attached hydrogens (tertiary/aromatic N) is 1. The maximum Gasteiger partial charge on any atom is 0.0599 e. The van der Waals surface area contributed by atoms with Gasteiger partial charge in [-0.05, 0) is 18.8 Å². The average Bonchev–Trinajstić information content (AvgIpc) is 1.65. The molecule has 0 amide bonds. The van der Waals surface area contributed by atoms with Gasteiger partial charge in [0, 0.05) is 0 Å². The van der Waals surface area contributed by atoms with Crippen LogP contribution in [0, 0.1) is 5.92 Å². The number of oxime groups is 1. The Hall–Kier alpha value is -0.530. The fourth-order valence-electron chi connectivity index (χ4n) is 0.711. The summed E-state index contributed by atoms with van der Waals surface area (Å²) in [4.78, 5) is 0. The van der Waals surface area contributed by atoms with Crippen LogP contribution in [0.4, 0.5) is 0 Å². The summed E-state index contributed by atoms with van der Waals surface area (Å²) in [7, 11) is 0. The van der Waals surface area contributed by atoms with Crippen LogP contribution in [0.25, 0.3) is 0 Å². The summed E-state index contributed by atoms with van der Waals surface area (Å²) in [5, 5.41) is 11.2. The monoisotopic (exact) mass is 99.1 g/mol. The molecule has 0 heterocycles. The normalized spacial score (nSPS) is 35.6. The van der Waals surface area contributed by atoms with Gasteiger partial charge in [0.25, 0.3) is 0 Å². The van der Waals surface area contributed by atoms with Crippen molar-refractivity contribution in [2.75, 3.05) is 0 Å². The molecule has 7 heavy (non-hydrogen) atoms. The van der Waals surface area contributed by atoms with Gasteiger partial charge in [0.05, 0.1) is 5.71 Å². The van der Waals surface area contributed by atoms with Gasteiger partial charge in [-0.25, -0.2) is 0 Å². The summed E-state index contributed by atoms with van der Waals surface area (Å²) in [6.45, 7) is 2.07. The van der Waals surface area contributed by atoms with Gasteiger partial charge in [-0.3, -0.25) is 0 Å². The van der Waals surface area contributed by atoms with E-state index in [0.717, 1.165) is 12.1 Å². The van der Waals surface area contributed by atoms with E-state index in [0.29, 0.717) is 5.92 Å². The SMILES string of the molecule is CC1CC/C1=N\O. The summed E-state index contributed by atoms with van der Waals surface area (Å²) >= 11 is 0. The maximum atomic E-state index is 8.14. The van der Waals surface area contributed by atoms with E-state index < -0.39 is 0 Å². The topological polar surface area (TPSA) is 32.6 Å². The van der Waals surface area contributed by atoms with Crippen LogP contribution in [0.15, 0.2) is 5.16 Å². The van der Waals surface area contributed by atoms with Crippen LogP contribution in [-0.4, -0.2) is 10.9 Å². The lowest BCUT2D eigenvalue weighted by Gasteiger charge is -2.21. The molecule has 0 aromatic rings. The summed E-state index contributed by atoms with van der Waals surface area (Å²) in [6, 6.07) is 0. The van der Waals surface area contributed by atoms with Gasteiger partial charge < -0.3 is 5.21 Å². The second kappa shape index (κ2) is 1.52. The first kappa shape index (κ1) is 4.62. The summed E-state index contributed by atoms with van der Waals surface area (Å²) in [5.74, 6) is 0.546. The van der Waals surface area contributed by atoms with Crippen molar-refractivity contribution in [2.45, 2.75) is 19.8 Å². The van der Waals surface area contributed by atoms with E-state index in [2.05, 4.69) is 12.1 Å². The van der Waals surface area contributed by atoms with Gasteiger partial charge in [0.15, 0.2) is 0 Å². The first-order valence-corrected chi connectivity index (χ1v) is 2.55. The zero-order valence-corrected chi connectivity index (χ0v) is 4.39. The van der Waals surface area contributed by atoms with Crippen molar-refractivity contribution in [1.29, 1.82) is 0 Å². The summed E-state index contributed by atoms with van der Waals surface area (Å²) in [6.07, 6.45) is 2.19. The van der Waals surface area contributed by atoms with Crippen LogP contribution < -0.4 is 0 Å². The second-order valence-electron chi connectivity index (χ2n) is 2.03. The van der Waals surface area contributed by atoms with Gasteiger partial charge in [0.1, 0.15) is 0 Å². The van der Waals surface area contributed by atoms with Gasteiger partial charge in [-0.1, -0.05) is 12.1 Å². The van der Waals surface area contributed by atoms with Crippen LogP contribution in [0.1, 0.15) is 19.8 Å². The van der Waals surface area contributed by atoms with Crippen LogP contribution in [0.3, 0.4) is 0 Å². The molecule has 1 fully saturated rings. The van der Waals surface area contributed by atoms with Crippen molar-refractivity contribution in [1.82, 2.24) is 0 Å². The lowest BCUT2D eigenvalue weighted by atomic mass is 9.85. The van der Waals surface area contributed by atoms with E-state index in [1.165, 1.54) is 6.42 Å². The summed E-state index contributed by atoms with van der Waals surface area (Å²) in [5.41, 5.74) is 0.958. The van der Waals surface area contributed by atoms with Gasteiger partial charge in [0.2, 0.25) is 0 Å². The third kappa shape index (κ3) is 0.601. The van der Waals surface area contributed by atoms with Gasteiger partial charge in [-0.15, -0.1) is 0 Å². The predicted molar refractivity (Wildman–Crippen MR) is 27.6 cm³/mol. The van der Waals surface area contributed by atoms with Crippen molar-refractivity contribution in [3.63, 3.8) is 0 Å². The molecule has 40 valence electrons. The fraction of sp³-hybridized carbons (Fsp3) is 0.800. The first-order chi connectivity index (χ1) is 3.34. The Balaban J connectivity index is 2.44. The molecule has 0 aromatic heterocycles. The highest BCUT2D eigenvalue weighted by Crippen LogP contribution is 2.21. The highest BCUT2D eigenvalue weighted by atomic mass is 16.4. The smallest absolute Gasteiger partial charge is 0.0599 e. The molecule has 2 nitrogen and oxygen atoms in total. The molecule has 1 unspecified atom stereocenters. The zero-order valence-electron chi connectivity index (χ0n) is 4.39. The molecule has 0 aliphatic heterocycles. The van der Waals surface area contributed by atoms with Crippen LogP contribution in [-0.2, 0) is 0 Å². The lowest BCUT2D eigenvalue weighted by Crippen LogP contribution is -2.22. The Kier molecular flexibility index (Phi) is 1.01. The minimum atomic E-state index is 0.546. The Morgan fingerprint density at radius 1 is 1.86 bits per heavy atom. The molecule has 0 bridgehead atoms. The van der Waals surface area contributed by atoms with Crippen molar-refractivity contribution in [2.24, 2.45) is 11.1 Å². The molecule has 1 aliphatic rings. The maximum absolute atomic E-state index is 8.14. The van der Waals surface area contributed by atoms with E-state index in [9.17, 15) is 0 Å². The highest BCUT2D eigenvalue weighted by Gasteiger charge is 2.20. The highest BCUT2D eigenvalue weighted by molar-refractivity contribution is 5.90. The Labute approximate surface area is 42.8 Å². The minimum absolute atomic E-state index is 0.546. The van der Waals surface area contributed by atoms with Crippen molar-refractivity contribution in [3.8, 4) is 0 Å². The number of hydrogen-bond donors (Lipinski definition) is 1. The molecule has 1 rings (SSSR count). The molecule has 1 saturated carbocycles. The van der Waals surface area contributed by atoms with Crippen molar-refractivity contribution < 1.29 is 5.21 Å². The lowest BCUT2D eigenvalue weighted by molar-refractivity contribution is 0.307. The molecule has 1 N–H and O–H groups in total. The predicted octanol–water partition coefficient (Wildman–Crippen LogP) is 1.25. The number of hydrogen-bond acceptors (Lipinski definition) is 2. The molecule has 0 aromatic carbocycles. The van der Waals surface area contributed by atoms with Crippen molar-refractivity contribution >= 4 is 5.71 Å². The zero-order chi connectivity index (χ0) is 5.28. The molecule has 1 atom stereocenters. The van der Waals surface area contributed by atoms with E-state index in [1.54, 1.807) is 0 Å². The summed E-state index contributed by atoms with van der Waals surface area (Å²) < 4.78 is 0. The molecule has 0 saturated heterocycles. The quantitative estimate of drug-likeness (QED) is 0.359. The largest absolute Gasteiger partial charge is 0.411 e. The molecule has 0 radical (unpaired) electrons. The Bertz CT molecular complexity index is 98.3. The molecular formula is C5H9NO.